The van der Waals surface area contributed by atoms with Crippen LogP contribution in [-0.4, -0.2) is 87.9 Å². The van der Waals surface area contributed by atoms with Crippen molar-refractivity contribution in [2.45, 2.75) is 121 Å². The van der Waals surface area contributed by atoms with Gasteiger partial charge in [-0.2, -0.15) is 0 Å². The van der Waals surface area contributed by atoms with Crippen LogP contribution in [0.5, 0.6) is 17.2 Å². The maximum absolute atomic E-state index is 14.0. The molecule has 3 aliphatic heterocycles. The molecule has 4 aliphatic rings. The number of methoxy groups -OCH3 is 1. The van der Waals surface area contributed by atoms with Gasteiger partial charge in [-0.25, -0.2) is 4.79 Å². The third-order valence-corrected chi connectivity index (χ3v) is 18.9. The van der Waals surface area contributed by atoms with Gasteiger partial charge in [-0.05, 0) is 111 Å². The number of carbonyl (C=O) groups excluding carboxylic acids is 2. The number of nitrogens with one attached hydrogen (secondary N) is 2. The number of esters is 2. The summed E-state index contributed by atoms with van der Waals surface area (Å²) in [6.07, 6.45) is 7.89. The van der Waals surface area contributed by atoms with Crippen molar-refractivity contribution in [3.63, 3.8) is 0 Å². The van der Waals surface area contributed by atoms with E-state index in [4.69, 9.17) is 35.0 Å². The van der Waals surface area contributed by atoms with Gasteiger partial charge in [0.05, 0.1) is 35.8 Å². The second-order valence-electron chi connectivity index (χ2n) is 19.4. The van der Waals surface area contributed by atoms with Crippen LogP contribution in [0.4, 0.5) is 0 Å². The number of hydrogen-bond donors (Lipinski definition) is 3. The Morgan fingerprint density at radius 3 is 2.48 bits per heavy atom. The zero-order valence-electron chi connectivity index (χ0n) is 38.4. The number of nitrogens with zero attached hydrogens (tertiary/aromatic N) is 1. The molecule has 3 N–H and O–H groups in total. The first-order valence-corrected chi connectivity index (χ1v) is 26.3. The number of benzene rings is 3. The zero-order valence-corrected chi connectivity index (χ0v) is 40.1. The fourth-order valence-corrected chi connectivity index (χ4v) is 10.9. The van der Waals surface area contributed by atoms with E-state index >= 15 is 0 Å². The fourth-order valence-electron chi connectivity index (χ4n) is 9.37. The number of aryl methyl sites for hydroxylation is 1. The summed E-state index contributed by atoms with van der Waals surface area (Å²) in [6.45, 7) is 14.7. The second kappa shape index (κ2) is 20.4. The number of fused-ring (bicyclic) bond motifs is 4. The molecule has 8 rings (SSSR count). The van der Waals surface area contributed by atoms with Crippen molar-refractivity contribution >= 4 is 42.8 Å². The average molecular weight is 917 g/mol. The van der Waals surface area contributed by atoms with Crippen LogP contribution >= 0.6 is 11.6 Å². The van der Waals surface area contributed by atoms with E-state index in [1.807, 2.05) is 12.1 Å². The summed E-state index contributed by atoms with van der Waals surface area (Å²) in [5.41, 5.74) is 3.22. The minimum Gasteiger partial charge on any atom is -0.506 e. The predicted octanol–water partition coefficient (Wildman–Crippen LogP) is 9.14. The van der Waals surface area contributed by atoms with Crippen molar-refractivity contribution in [2.75, 3.05) is 46.5 Å². The Labute approximate surface area is 383 Å². The van der Waals surface area contributed by atoms with Crippen molar-refractivity contribution in [2.24, 2.45) is 5.92 Å². The average Bonchev–Trinajstić information content (AvgIpc) is 3.28. The molecule has 3 saturated heterocycles. The molecule has 0 spiro atoms. The lowest BCUT2D eigenvalue weighted by Gasteiger charge is -2.45. The fraction of sp³-hybridized carbons (Fsp3) is 0.540. The molecule has 4 aromatic rings. The number of pyridine rings is 1. The number of halogens is 1. The summed E-state index contributed by atoms with van der Waals surface area (Å²) in [7, 11) is -0.721. The summed E-state index contributed by atoms with van der Waals surface area (Å²) >= 11 is 6.70. The van der Waals surface area contributed by atoms with E-state index in [0.717, 1.165) is 86.8 Å². The van der Waals surface area contributed by atoms with Crippen molar-refractivity contribution in [3.05, 3.63) is 98.3 Å². The lowest BCUT2D eigenvalue weighted by molar-refractivity contribution is -0.167. The van der Waals surface area contributed by atoms with Crippen molar-refractivity contribution in [1.82, 2.24) is 15.2 Å². The number of aromatic amines is 1. The monoisotopic (exact) mass is 915 g/mol. The highest BCUT2D eigenvalue weighted by Gasteiger charge is 2.46. The van der Waals surface area contributed by atoms with Crippen LogP contribution in [0.15, 0.2) is 65.5 Å². The molecule has 3 aromatic carbocycles. The molecule has 1 saturated carbocycles. The van der Waals surface area contributed by atoms with Crippen LogP contribution < -0.4 is 20.3 Å². The number of carbonyl (C=O) groups is 2. The van der Waals surface area contributed by atoms with Gasteiger partial charge in [-0.15, -0.1) is 0 Å². The van der Waals surface area contributed by atoms with E-state index < -0.39 is 25.8 Å². The molecule has 0 amide bonds. The number of rotatable bonds is 18. The normalized spacial score (nSPS) is 20.1. The first kappa shape index (κ1) is 47.6. The zero-order chi connectivity index (χ0) is 45.6. The van der Waals surface area contributed by atoms with Crippen LogP contribution in [0.2, 0.25) is 23.2 Å². The molecule has 346 valence electrons. The van der Waals surface area contributed by atoms with Crippen LogP contribution in [-0.2, 0) is 41.9 Å². The summed E-state index contributed by atoms with van der Waals surface area (Å²) in [5.74, 6) is 0.718. The molecular weight excluding hydrogens is 850 g/mol. The van der Waals surface area contributed by atoms with Crippen molar-refractivity contribution < 1.29 is 38.1 Å². The van der Waals surface area contributed by atoms with Gasteiger partial charge in [0.15, 0.2) is 14.9 Å². The van der Waals surface area contributed by atoms with Crippen LogP contribution in [0, 0.1) is 5.92 Å². The van der Waals surface area contributed by atoms with Gasteiger partial charge in [0.2, 0.25) is 5.56 Å². The molecule has 14 heteroatoms. The highest BCUT2D eigenvalue weighted by molar-refractivity contribution is 6.74. The minimum absolute atomic E-state index is 0.00845. The number of aromatic hydroxyl groups is 1. The Morgan fingerprint density at radius 1 is 1.02 bits per heavy atom. The lowest BCUT2D eigenvalue weighted by atomic mass is 9.69. The van der Waals surface area contributed by atoms with Gasteiger partial charge >= 0.3 is 11.9 Å². The molecule has 0 radical (unpaired) electrons. The van der Waals surface area contributed by atoms with Gasteiger partial charge in [0.25, 0.3) is 0 Å². The second-order valence-corrected chi connectivity index (χ2v) is 24.6. The number of ether oxygens (including phenoxy) is 4. The highest BCUT2D eigenvalue weighted by Crippen LogP contribution is 2.44. The first-order chi connectivity index (χ1) is 30.6. The smallest absolute Gasteiger partial charge is 0.344 e. The van der Waals surface area contributed by atoms with Crippen molar-refractivity contribution in [3.8, 4) is 17.2 Å². The largest absolute Gasteiger partial charge is 0.506 e. The Hall–Kier alpha value is -4.40. The van der Waals surface area contributed by atoms with E-state index in [1.165, 1.54) is 6.07 Å². The maximum atomic E-state index is 14.0. The SMILES string of the molecule is COc1cc(OCC(=O)OCCCc2cccc(C3(C(=O)O[C@H]4CN5CCC4CC5)CCCCC3)c2)c(Cl)cc1CNC[C@@H](O[Si](C)(C)C(C)(C)C)c1ccc(O)c2[nH]c(=O)ccc12. The first-order valence-electron chi connectivity index (χ1n) is 23.0. The Balaban J connectivity index is 0.919. The van der Waals surface area contributed by atoms with Crippen LogP contribution in [0.1, 0.15) is 100 Å². The van der Waals surface area contributed by atoms with Crippen molar-refractivity contribution in [1.29, 1.82) is 0 Å². The summed E-state index contributed by atoms with van der Waals surface area (Å²) < 4.78 is 30.4. The molecular formula is C50H66ClN3O9Si. The quantitative estimate of drug-likeness (QED) is 0.0499. The van der Waals surface area contributed by atoms with E-state index in [-0.39, 0.29) is 41.6 Å². The third-order valence-electron chi connectivity index (χ3n) is 14.1. The number of phenols is 1. The Kier molecular flexibility index (Phi) is 15.2. The number of piperidine rings is 3. The molecule has 0 unspecified atom stereocenters. The summed E-state index contributed by atoms with van der Waals surface area (Å²) in [5, 5.41) is 15.0. The van der Waals surface area contributed by atoms with Gasteiger partial charge in [-0.3, -0.25) is 14.5 Å². The number of H-pyrrole nitrogens is 1. The van der Waals surface area contributed by atoms with Gasteiger partial charge in [-0.1, -0.05) is 82.0 Å². The van der Waals surface area contributed by atoms with Crippen LogP contribution in [0.25, 0.3) is 10.9 Å². The Morgan fingerprint density at radius 2 is 1.78 bits per heavy atom. The van der Waals surface area contributed by atoms with E-state index in [0.29, 0.717) is 59.3 Å². The molecule has 12 nitrogen and oxygen atoms in total. The standard InChI is InChI=1S/C50H66ClN3O9Si/c1-49(2,3)64(5,6)63-43(37-15-17-40(55)47-38(37)16-18-45(56)53-47)30-52-29-35-27-39(51)42(28-41(35)59-4)61-32-46(57)60-25-11-13-33-12-10-14-36(26-33)50(21-8-7-9-22-50)48(58)62-44-31-54-23-19-34(44)20-24-54/h10,12,14-18,26-28,34,43-44,52,55H,7-9,11,13,19-25,29-32H2,1-6H3,(H,53,56)/t43-,44+/m1/s1. The van der Waals surface area contributed by atoms with E-state index in [9.17, 15) is 19.5 Å². The molecule has 64 heavy (non-hydrogen) atoms. The van der Waals surface area contributed by atoms with E-state index in [2.05, 4.69) is 67.3 Å². The lowest BCUT2D eigenvalue weighted by Crippen LogP contribution is -2.53. The molecule has 4 fully saturated rings. The van der Waals surface area contributed by atoms with Crippen LogP contribution in [0.3, 0.4) is 0 Å². The molecule has 2 bridgehead atoms. The van der Waals surface area contributed by atoms with Gasteiger partial charge in [0.1, 0.15) is 23.4 Å². The maximum Gasteiger partial charge on any atom is 0.344 e. The molecule has 2 atom stereocenters. The molecule has 1 aromatic heterocycles. The topological polar surface area (TPSA) is 149 Å². The minimum atomic E-state index is -2.28. The molecule has 1 aliphatic carbocycles. The predicted molar refractivity (Wildman–Crippen MR) is 252 cm³/mol. The van der Waals surface area contributed by atoms with Gasteiger partial charge < -0.3 is 38.8 Å². The third kappa shape index (κ3) is 11.0. The molecule has 4 heterocycles. The number of hydrogen-bond acceptors (Lipinski definition) is 11. The number of aromatic nitrogens is 1. The number of phenolic OH excluding ortho intramolecular Hbond substituents is 1. The summed E-state index contributed by atoms with van der Waals surface area (Å²) in [4.78, 5) is 44.2. The van der Waals surface area contributed by atoms with Gasteiger partial charge in [0, 0.05) is 42.7 Å². The highest BCUT2D eigenvalue weighted by atomic mass is 35.5. The van der Waals surface area contributed by atoms with E-state index in [1.54, 1.807) is 31.4 Å². The summed E-state index contributed by atoms with van der Waals surface area (Å²) in [6, 6.07) is 18.4. The Bertz CT molecular complexity index is 2330.